The third kappa shape index (κ3) is 3.05. The third-order valence-electron chi connectivity index (χ3n) is 3.59. The predicted molar refractivity (Wildman–Crippen MR) is 88.7 cm³/mol. The van der Waals surface area contributed by atoms with Crippen LogP contribution in [0.15, 0.2) is 42.9 Å². The van der Waals surface area contributed by atoms with Crippen LogP contribution >= 0.6 is 11.6 Å². The molecule has 0 bridgehead atoms. The molecular formula is C17H15ClFN3O. The number of aromatic nitrogens is 2. The minimum Gasteiger partial charge on any atom is -0.478 e. The Morgan fingerprint density at radius 1 is 1.39 bits per heavy atom. The average Bonchev–Trinajstić information content (AvgIpc) is 2.94. The molecular weight excluding hydrogens is 317 g/mol. The largest absolute Gasteiger partial charge is 0.478 e. The van der Waals surface area contributed by atoms with Crippen molar-refractivity contribution >= 4 is 28.4 Å². The van der Waals surface area contributed by atoms with E-state index in [4.69, 9.17) is 21.7 Å². The highest BCUT2D eigenvalue weighted by Gasteiger charge is 2.14. The molecule has 0 fully saturated rings. The molecule has 0 atom stereocenters. The summed E-state index contributed by atoms with van der Waals surface area (Å²) < 4.78 is 21.4. The van der Waals surface area contributed by atoms with Crippen LogP contribution in [0.3, 0.4) is 0 Å². The predicted octanol–water partition coefficient (Wildman–Crippen LogP) is 4.24. The molecule has 0 unspecified atom stereocenters. The zero-order valence-electron chi connectivity index (χ0n) is 12.5. The molecule has 0 amide bonds. The molecule has 0 aliphatic carbocycles. The molecule has 2 heterocycles. The van der Waals surface area contributed by atoms with Crippen molar-refractivity contribution in [3.63, 3.8) is 0 Å². The first-order valence-electron chi connectivity index (χ1n) is 7.18. The van der Waals surface area contributed by atoms with E-state index in [1.165, 1.54) is 6.07 Å². The molecule has 3 rings (SSSR count). The van der Waals surface area contributed by atoms with Gasteiger partial charge in [0.05, 0.1) is 35.5 Å². The van der Waals surface area contributed by atoms with Crippen molar-refractivity contribution in [3.05, 3.63) is 64.8 Å². The van der Waals surface area contributed by atoms with Gasteiger partial charge in [0.2, 0.25) is 5.90 Å². The topological polar surface area (TPSA) is 50.9 Å². The normalized spacial score (nSPS) is 10.9. The summed E-state index contributed by atoms with van der Waals surface area (Å²) in [5.74, 6) is -0.543. The van der Waals surface area contributed by atoms with Gasteiger partial charge >= 0.3 is 0 Å². The smallest absolute Gasteiger partial charge is 0.214 e. The van der Waals surface area contributed by atoms with Crippen LogP contribution in [-0.2, 0) is 11.3 Å². The highest BCUT2D eigenvalue weighted by Crippen LogP contribution is 2.24. The molecule has 4 nitrogen and oxygen atoms in total. The van der Waals surface area contributed by atoms with Gasteiger partial charge in [0, 0.05) is 23.3 Å². The molecule has 1 N–H and O–H groups in total. The summed E-state index contributed by atoms with van der Waals surface area (Å²) in [6, 6.07) is 6.65. The van der Waals surface area contributed by atoms with Crippen molar-refractivity contribution in [1.29, 1.82) is 5.41 Å². The molecule has 3 aromatic rings. The van der Waals surface area contributed by atoms with Gasteiger partial charge in [-0.1, -0.05) is 11.6 Å². The second-order valence-electron chi connectivity index (χ2n) is 5.06. The molecule has 0 saturated heterocycles. The molecule has 1 aromatic carbocycles. The van der Waals surface area contributed by atoms with Crippen LogP contribution < -0.4 is 0 Å². The zero-order valence-corrected chi connectivity index (χ0v) is 13.3. The number of ether oxygens (including phenoxy) is 1. The molecule has 0 radical (unpaired) electrons. The van der Waals surface area contributed by atoms with Crippen LogP contribution in [0.5, 0.6) is 0 Å². The fraction of sp³-hybridized carbons (Fsp3) is 0.176. The molecule has 0 saturated carbocycles. The van der Waals surface area contributed by atoms with Crippen molar-refractivity contribution < 1.29 is 9.13 Å². The van der Waals surface area contributed by atoms with Crippen molar-refractivity contribution in [1.82, 2.24) is 9.55 Å². The number of hydrogen-bond acceptors (Lipinski definition) is 3. The highest BCUT2D eigenvalue weighted by atomic mass is 35.5. The maximum Gasteiger partial charge on any atom is 0.214 e. The Balaban J connectivity index is 1.95. The van der Waals surface area contributed by atoms with Gasteiger partial charge in [0.1, 0.15) is 5.82 Å². The first-order valence-corrected chi connectivity index (χ1v) is 7.56. The summed E-state index contributed by atoms with van der Waals surface area (Å²) in [5, 5.41) is 9.10. The number of nitrogens with one attached hydrogen (secondary N) is 1. The fourth-order valence-electron chi connectivity index (χ4n) is 2.46. The van der Waals surface area contributed by atoms with Gasteiger partial charge < -0.3 is 9.30 Å². The average molecular weight is 332 g/mol. The Kier molecular flexibility index (Phi) is 4.30. The van der Waals surface area contributed by atoms with E-state index >= 15 is 0 Å². The first-order chi connectivity index (χ1) is 11.1. The number of pyridine rings is 1. The van der Waals surface area contributed by atoms with E-state index in [-0.39, 0.29) is 11.5 Å². The quantitative estimate of drug-likeness (QED) is 0.574. The molecule has 23 heavy (non-hydrogen) atoms. The van der Waals surface area contributed by atoms with Crippen LogP contribution in [0, 0.1) is 11.2 Å². The van der Waals surface area contributed by atoms with E-state index in [0.29, 0.717) is 23.7 Å². The van der Waals surface area contributed by atoms with Crippen molar-refractivity contribution in [3.8, 4) is 0 Å². The van der Waals surface area contributed by atoms with Crippen LogP contribution in [0.2, 0.25) is 5.02 Å². The SMILES string of the molecule is CCOC(=N)c1cc(F)c(Cn2ccc3ccncc32)cc1Cl. The van der Waals surface area contributed by atoms with Crippen LogP contribution in [0.25, 0.3) is 10.9 Å². The van der Waals surface area contributed by atoms with E-state index in [1.807, 2.05) is 22.9 Å². The Hall–Kier alpha value is -2.40. The maximum absolute atomic E-state index is 14.4. The van der Waals surface area contributed by atoms with Gasteiger partial charge in [0.15, 0.2) is 0 Å². The van der Waals surface area contributed by atoms with Gasteiger partial charge in [-0.3, -0.25) is 10.4 Å². The number of rotatable bonds is 4. The van der Waals surface area contributed by atoms with Gasteiger partial charge in [0.25, 0.3) is 0 Å². The lowest BCUT2D eigenvalue weighted by atomic mass is 10.1. The molecule has 0 aliphatic heterocycles. The van der Waals surface area contributed by atoms with Crippen LogP contribution in [0.1, 0.15) is 18.1 Å². The first kappa shape index (κ1) is 15.5. The van der Waals surface area contributed by atoms with Gasteiger partial charge in [-0.2, -0.15) is 0 Å². The summed E-state index contributed by atoms with van der Waals surface area (Å²) in [5.41, 5.74) is 1.63. The van der Waals surface area contributed by atoms with E-state index in [9.17, 15) is 4.39 Å². The second-order valence-corrected chi connectivity index (χ2v) is 5.47. The summed E-state index contributed by atoms with van der Waals surface area (Å²) >= 11 is 6.18. The number of nitrogens with zero attached hydrogens (tertiary/aromatic N) is 2. The van der Waals surface area contributed by atoms with Crippen molar-refractivity contribution in [2.24, 2.45) is 0 Å². The number of halogens is 2. The molecule has 0 spiro atoms. The minimum absolute atomic E-state index is 0.126. The van der Waals surface area contributed by atoms with Crippen molar-refractivity contribution in [2.45, 2.75) is 13.5 Å². The Morgan fingerprint density at radius 3 is 3.00 bits per heavy atom. The lowest BCUT2D eigenvalue weighted by Crippen LogP contribution is -2.08. The Bertz CT molecular complexity index is 875. The Labute approximate surface area is 138 Å². The second kappa shape index (κ2) is 6.38. The van der Waals surface area contributed by atoms with E-state index in [0.717, 1.165) is 10.9 Å². The lowest BCUT2D eigenvalue weighted by molar-refractivity contribution is 0.325. The minimum atomic E-state index is -0.417. The number of hydrogen-bond donors (Lipinski definition) is 1. The zero-order chi connectivity index (χ0) is 16.4. The molecule has 0 aliphatic rings. The van der Waals surface area contributed by atoms with Crippen molar-refractivity contribution in [2.75, 3.05) is 6.61 Å². The highest BCUT2D eigenvalue weighted by molar-refractivity contribution is 6.33. The van der Waals surface area contributed by atoms with E-state index in [2.05, 4.69) is 4.98 Å². The summed E-state index contributed by atoms with van der Waals surface area (Å²) in [7, 11) is 0. The number of fused-ring (bicyclic) bond motifs is 1. The molecule has 6 heteroatoms. The lowest BCUT2D eigenvalue weighted by Gasteiger charge is -2.11. The van der Waals surface area contributed by atoms with Gasteiger partial charge in [-0.05, 0) is 31.2 Å². The monoisotopic (exact) mass is 331 g/mol. The van der Waals surface area contributed by atoms with Crippen LogP contribution in [-0.4, -0.2) is 22.1 Å². The van der Waals surface area contributed by atoms with Gasteiger partial charge in [-0.25, -0.2) is 4.39 Å². The summed E-state index contributed by atoms with van der Waals surface area (Å²) in [6.07, 6.45) is 5.35. The molecule has 2 aromatic heterocycles. The third-order valence-corrected chi connectivity index (χ3v) is 3.90. The summed E-state index contributed by atoms with van der Waals surface area (Å²) in [6.45, 7) is 2.43. The fourth-order valence-corrected chi connectivity index (χ4v) is 2.73. The number of benzene rings is 1. The van der Waals surface area contributed by atoms with Gasteiger partial charge in [-0.15, -0.1) is 0 Å². The Morgan fingerprint density at radius 2 is 2.22 bits per heavy atom. The molecule has 118 valence electrons. The maximum atomic E-state index is 14.4. The van der Waals surface area contributed by atoms with Crippen LogP contribution in [0.4, 0.5) is 4.39 Å². The van der Waals surface area contributed by atoms with E-state index in [1.54, 1.807) is 25.4 Å². The van der Waals surface area contributed by atoms with E-state index < -0.39 is 5.82 Å². The standard InChI is InChI=1S/C17H15ClFN3O/c1-2-23-17(20)13-8-15(19)12(7-14(13)18)10-22-6-4-11-3-5-21-9-16(11)22/h3-9,20H,2,10H2,1H3. The summed E-state index contributed by atoms with van der Waals surface area (Å²) in [4.78, 5) is 4.10.